The Morgan fingerprint density at radius 1 is 1.10 bits per heavy atom. The zero-order chi connectivity index (χ0) is 21.9. The predicted octanol–water partition coefficient (Wildman–Crippen LogP) is 2.56. The summed E-state index contributed by atoms with van der Waals surface area (Å²) in [6.45, 7) is 8.70. The number of carbonyl (C=O) groups is 2. The van der Waals surface area contributed by atoms with Crippen LogP contribution >= 0.6 is 0 Å². The zero-order valence-corrected chi connectivity index (χ0v) is 16.9. The second-order valence-electron chi connectivity index (χ2n) is 8.31. The Morgan fingerprint density at radius 3 is 2.13 bits per heavy atom. The SMILES string of the molecule is Cc1ccc(CN2C[C@@H]3CN(C(=O)C4CCOC4)C[C@@H]3C2)cc1.O=C(O)C(F)(F)F. The molecular weight excluding hydrogens is 401 g/mol. The van der Waals surface area contributed by atoms with Crippen LogP contribution < -0.4 is 0 Å². The second-order valence-corrected chi connectivity index (χ2v) is 8.31. The molecule has 4 rings (SSSR count). The number of carbonyl (C=O) groups excluding carboxylic acids is 1. The van der Waals surface area contributed by atoms with E-state index < -0.39 is 12.1 Å². The van der Waals surface area contributed by atoms with Crippen LogP contribution in [0, 0.1) is 24.7 Å². The Labute approximate surface area is 173 Å². The van der Waals surface area contributed by atoms with E-state index in [1.807, 2.05) is 0 Å². The van der Waals surface area contributed by atoms with Gasteiger partial charge in [-0.1, -0.05) is 29.8 Å². The highest BCUT2D eigenvalue weighted by atomic mass is 19.4. The molecule has 0 aromatic heterocycles. The average molecular weight is 428 g/mol. The number of alkyl halides is 3. The molecule has 1 N–H and O–H groups in total. The first kappa shape index (κ1) is 22.6. The van der Waals surface area contributed by atoms with Crippen LogP contribution in [0.3, 0.4) is 0 Å². The van der Waals surface area contributed by atoms with Crippen molar-refractivity contribution in [1.29, 1.82) is 0 Å². The molecule has 166 valence electrons. The fourth-order valence-electron chi connectivity index (χ4n) is 4.34. The molecule has 1 aromatic carbocycles. The summed E-state index contributed by atoms with van der Waals surface area (Å²) in [6.07, 6.45) is -4.18. The summed E-state index contributed by atoms with van der Waals surface area (Å²) in [5.41, 5.74) is 2.71. The molecule has 3 heterocycles. The van der Waals surface area contributed by atoms with Gasteiger partial charge in [0.1, 0.15) is 0 Å². The number of carboxylic acid groups (broad SMARTS) is 1. The summed E-state index contributed by atoms with van der Waals surface area (Å²) < 4.78 is 37.1. The highest BCUT2D eigenvalue weighted by Gasteiger charge is 2.43. The van der Waals surface area contributed by atoms with Crippen molar-refractivity contribution < 1.29 is 32.6 Å². The van der Waals surface area contributed by atoms with E-state index in [4.69, 9.17) is 14.6 Å². The maximum Gasteiger partial charge on any atom is 0.490 e. The number of rotatable bonds is 3. The van der Waals surface area contributed by atoms with Gasteiger partial charge in [0.25, 0.3) is 0 Å². The number of nitrogens with zero attached hydrogens (tertiary/aromatic N) is 2. The van der Waals surface area contributed by atoms with Crippen LogP contribution in [0.2, 0.25) is 0 Å². The number of halogens is 3. The highest BCUT2D eigenvalue weighted by Crippen LogP contribution is 2.33. The number of fused-ring (bicyclic) bond motifs is 1. The van der Waals surface area contributed by atoms with Crippen molar-refractivity contribution in [3.8, 4) is 0 Å². The number of likely N-dealkylation sites (tertiary alicyclic amines) is 2. The van der Waals surface area contributed by atoms with Crippen LogP contribution in [0.4, 0.5) is 13.2 Å². The maximum atomic E-state index is 12.5. The lowest BCUT2D eigenvalue weighted by atomic mass is 10.0. The molecule has 3 saturated heterocycles. The molecule has 3 fully saturated rings. The third-order valence-corrected chi connectivity index (χ3v) is 5.92. The minimum atomic E-state index is -5.08. The topological polar surface area (TPSA) is 70.1 Å². The van der Waals surface area contributed by atoms with Crippen LogP contribution in [0.5, 0.6) is 0 Å². The molecule has 1 aromatic rings. The van der Waals surface area contributed by atoms with Gasteiger partial charge in [-0.15, -0.1) is 0 Å². The van der Waals surface area contributed by atoms with Crippen LogP contribution in [0.25, 0.3) is 0 Å². The fraction of sp³-hybridized carbons (Fsp3) is 0.619. The molecule has 0 aliphatic carbocycles. The van der Waals surface area contributed by atoms with E-state index in [0.29, 0.717) is 24.3 Å². The summed E-state index contributed by atoms with van der Waals surface area (Å²) in [5.74, 6) is -0.981. The normalized spacial score (nSPS) is 26.3. The lowest BCUT2D eigenvalue weighted by molar-refractivity contribution is -0.192. The van der Waals surface area contributed by atoms with Gasteiger partial charge in [-0.25, -0.2) is 4.79 Å². The lowest BCUT2D eigenvalue weighted by Gasteiger charge is -2.23. The van der Waals surface area contributed by atoms with Gasteiger partial charge in [-0.3, -0.25) is 9.69 Å². The van der Waals surface area contributed by atoms with Gasteiger partial charge in [0.2, 0.25) is 5.91 Å². The Morgan fingerprint density at radius 2 is 1.67 bits per heavy atom. The van der Waals surface area contributed by atoms with Crippen molar-refractivity contribution in [3.05, 3.63) is 35.4 Å². The predicted molar refractivity (Wildman–Crippen MR) is 103 cm³/mol. The monoisotopic (exact) mass is 428 g/mol. The molecule has 3 atom stereocenters. The van der Waals surface area contributed by atoms with Crippen molar-refractivity contribution in [1.82, 2.24) is 9.80 Å². The first-order valence-electron chi connectivity index (χ1n) is 10.1. The number of benzene rings is 1. The van der Waals surface area contributed by atoms with Crippen molar-refractivity contribution in [2.24, 2.45) is 17.8 Å². The van der Waals surface area contributed by atoms with Gasteiger partial charge in [0.15, 0.2) is 0 Å². The first-order valence-corrected chi connectivity index (χ1v) is 10.1. The standard InChI is InChI=1S/C19H26N2O2.C2HF3O2/c1-14-2-4-15(5-3-14)8-20-9-17-11-21(12-18(17)10-20)19(22)16-6-7-23-13-16;3-2(4,5)1(6)7/h2-5,16-18H,6-13H2,1H3;(H,6,7)/t16?,17-,18+;. The third kappa shape index (κ3) is 5.72. The number of hydrogen-bond acceptors (Lipinski definition) is 4. The molecule has 3 aliphatic heterocycles. The van der Waals surface area contributed by atoms with Crippen LogP contribution in [-0.4, -0.2) is 72.4 Å². The van der Waals surface area contributed by atoms with Gasteiger partial charge in [-0.2, -0.15) is 13.2 Å². The van der Waals surface area contributed by atoms with Gasteiger partial charge in [0.05, 0.1) is 12.5 Å². The Balaban J connectivity index is 0.000000318. The largest absolute Gasteiger partial charge is 0.490 e. The molecule has 0 radical (unpaired) electrons. The van der Waals surface area contributed by atoms with Crippen molar-refractivity contribution in [2.75, 3.05) is 39.4 Å². The maximum absolute atomic E-state index is 12.5. The molecule has 0 spiro atoms. The molecular formula is C21H27F3N2O4. The number of amides is 1. The van der Waals surface area contributed by atoms with Gasteiger partial charge in [0, 0.05) is 39.3 Å². The number of aliphatic carboxylic acids is 1. The van der Waals surface area contributed by atoms with Crippen molar-refractivity contribution in [3.63, 3.8) is 0 Å². The Kier molecular flexibility index (Phi) is 7.02. The molecule has 9 heteroatoms. The van der Waals surface area contributed by atoms with E-state index >= 15 is 0 Å². The van der Waals surface area contributed by atoms with Gasteiger partial charge in [-0.05, 0) is 30.7 Å². The molecule has 0 saturated carbocycles. The second kappa shape index (κ2) is 9.34. The summed E-state index contributed by atoms with van der Waals surface area (Å²) in [6, 6.07) is 8.85. The van der Waals surface area contributed by atoms with E-state index in [0.717, 1.165) is 45.8 Å². The number of ether oxygens (including phenoxy) is 1. The molecule has 3 aliphatic rings. The molecule has 0 bridgehead atoms. The fourth-order valence-corrected chi connectivity index (χ4v) is 4.34. The van der Waals surface area contributed by atoms with E-state index in [2.05, 4.69) is 41.0 Å². The summed E-state index contributed by atoms with van der Waals surface area (Å²) >= 11 is 0. The molecule has 30 heavy (non-hydrogen) atoms. The van der Waals surface area contributed by atoms with Crippen molar-refractivity contribution in [2.45, 2.75) is 26.1 Å². The smallest absolute Gasteiger partial charge is 0.475 e. The van der Waals surface area contributed by atoms with Crippen LogP contribution in [0.1, 0.15) is 17.5 Å². The van der Waals surface area contributed by atoms with E-state index in [9.17, 15) is 18.0 Å². The molecule has 6 nitrogen and oxygen atoms in total. The number of carboxylic acids is 1. The minimum Gasteiger partial charge on any atom is -0.475 e. The van der Waals surface area contributed by atoms with Gasteiger partial charge >= 0.3 is 12.1 Å². The van der Waals surface area contributed by atoms with Crippen LogP contribution in [0.15, 0.2) is 24.3 Å². The summed E-state index contributed by atoms with van der Waals surface area (Å²) in [4.78, 5) is 26.1. The lowest BCUT2D eigenvalue weighted by Crippen LogP contribution is -2.37. The van der Waals surface area contributed by atoms with Gasteiger partial charge < -0.3 is 14.7 Å². The number of hydrogen-bond donors (Lipinski definition) is 1. The third-order valence-electron chi connectivity index (χ3n) is 5.92. The Hall–Kier alpha value is -2.13. The minimum absolute atomic E-state index is 0.123. The van der Waals surface area contributed by atoms with E-state index in [-0.39, 0.29) is 5.92 Å². The van der Waals surface area contributed by atoms with Crippen LogP contribution in [-0.2, 0) is 20.9 Å². The molecule has 1 amide bonds. The molecule has 1 unspecified atom stereocenters. The van der Waals surface area contributed by atoms with Crippen molar-refractivity contribution >= 4 is 11.9 Å². The first-order chi connectivity index (χ1) is 14.1. The average Bonchev–Trinajstić information content (AvgIpc) is 3.39. The summed E-state index contributed by atoms with van der Waals surface area (Å²) in [5, 5.41) is 7.12. The van der Waals surface area contributed by atoms with E-state index in [1.54, 1.807) is 0 Å². The quantitative estimate of drug-likeness (QED) is 0.802. The Bertz CT molecular complexity index is 734. The van der Waals surface area contributed by atoms with E-state index in [1.165, 1.54) is 11.1 Å². The zero-order valence-electron chi connectivity index (χ0n) is 16.9. The summed E-state index contributed by atoms with van der Waals surface area (Å²) in [7, 11) is 0. The highest BCUT2D eigenvalue weighted by molar-refractivity contribution is 5.79. The number of aryl methyl sites for hydroxylation is 1.